The van der Waals surface area contributed by atoms with Crippen LogP contribution in [0.4, 0.5) is 0 Å². The summed E-state index contributed by atoms with van der Waals surface area (Å²) < 4.78 is 0.860. The number of hydrogen-bond acceptors (Lipinski definition) is 1. The molecule has 0 bridgehead atoms. The Kier molecular flexibility index (Phi) is 4.44. The number of amides is 1. The van der Waals surface area contributed by atoms with Crippen LogP contribution in [0, 0.1) is 11.8 Å². The molecule has 0 saturated heterocycles. The molecule has 0 aliphatic heterocycles. The highest BCUT2D eigenvalue weighted by atomic mass is 79.9. The zero-order valence-corrected chi connectivity index (χ0v) is 12.5. The summed E-state index contributed by atoms with van der Waals surface area (Å²) in [5.41, 5.74) is 0.725. The smallest absolute Gasteiger partial charge is 0.252 e. The van der Waals surface area contributed by atoms with E-state index in [1.165, 1.54) is 12.8 Å². The Morgan fingerprint density at radius 3 is 2.67 bits per heavy atom. The molecule has 98 valence electrons. The minimum Gasteiger partial charge on any atom is -0.349 e. The van der Waals surface area contributed by atoms with Gasteiger partial charge in [0.15, 0.2) is 0 Å². The van der Waals surface area contributed by atoms with Gasteiger partial charge in [0.05, 0.1) is 5.56 Å². The van der Waals surface area contributed by atoms with E-state index in [1.54, 1.807) is 0 Å². The van der Waals surface area contributed by atoms with Crippen LogP contribution >= 0.6 is 15.9 Å². The lowest BCUT2D eigenvalue weighted by atomic mass is 9.80. The van der Waals surface area contributed by atoms with Crippen LogP contribution in [0.1, 0.15) is 43.5 Å². The standard InChI is InChI=1S/C15H20BrNO/c1-10-7-8-14(11(2)9-10)17-15(18)12-5-3-4-6-13(12)16/h3-6,10-11,14H,7-9H2,1-2H3,(H,17,18). The van der Waals surface area contributed by atoms with E-state index in [0.717, 1.165) is 22.4 Å². The molecular formula is C15H20BrNO. The number of hydrogen-bond donors (Lipinski definition) is 1. The maximum atomic E-state index is 12.2. The van der Waals surface area contributed by atoms with Gasteiger partial charge in [-0.05, 0) is 59.2 Å². The molecular weight excluding hydrogens is 290 g/mol. The first kappa shape index (κ1) is 13.6. The monoisotopic (exact) mass is 309 g/mol. The fraction of sp³-hybridized carbons (Fsp3) is 0.533. The quantitative estimate of drug-likeness (QED) is 0.879. The van der Waals surface area contributed by atoms with Crippen LogP contribution in [0.3, 0.4) is 0 Å². The van der Waals surface area contributed by atoms with Crippen molar-refractivity contribution < 1.29 is 4.79 Å². The molecule has 1 saturated carbocycles. The molecule has 1 aromatic carbocycles. The number of carbonyl (C=O) groups is 1. The molecule has 1 aliphatic carbocycles. The molecule has 1 aromatic rings. The van der Waals surface area contributed by atoms with Crippen molar-refractivity contribution in [3.05, 3.63) is 34.3 Å². The van der Waals surface area contributed by atoms with Gasteiger partial charge in [0.2, 0.25) is 0 Å². The highest BCUT2D eigenvalue weighted by molar-refractivity contribution is 9.10. The van der Waals surface area contributed by atoms with Crippen molar-refractivity contribution in [2.45, 2.75) is 39.2 Å². The van der Waals surface area contributed by atoms with Crippen LogP contribution in [0.15, 0.2) is 28.7 Å². The van der Waals surface area contributed by atoms with E-state index in [0.29, 0.717) is 12.0 Å². The van der Waals surface area contributed by atoms with E-state index < -0.39 is 0 Å². The van der Waals surface area contributed by atoms with Gasteiger partial charge in [-0.25, -0.2) is 0 Å². The van der Waals surface area contributed by atoms with Crippen molar-refractivity contribution >= 4 is 21.8 Å². The summed E-state index contributed by atoms with van der Waals surface area (Å²) in [6.07, 6.45) is 3.52. The molecule has 0 radical (unpaired) electrons. The molecule has 2 rings (SSSR count). The maximum Gasteiger partial charge on any atom is 0.252 e. The van der Waals surface area contributed by atoms with Crippen LogP contribution in [0.2, 0.25) is 0 Å². The van der Waals surface area contributed by atoms with Crippen molar-refractivity contribution in [1.82, 2.24) is 5.32 Å². The third kappa shape index (κ3) is 3.14. The predicted molar refractivity (Wildman–Crippen MR) is 77.6 cm³/mol. The Hall–Kier alpha value is -0.830. The summed E-state index contributed by atoms with van der Waals surface area (Å²) in [6, 6.07) is 7.90. The topological polar surface area (TPSA) is 29.1 Å². The number of rotatable bonds is 2. The predicted octanol–water partition coefficient (Wildman–Crippen LogP) is 4.00. The van der Waals surface area contributed by atoms with Crippen LogP contribution < -0.4 is 5.32 Å². The number of nitrogens with one attached hydrogen (secondary N) is 1. The van der Waals surface area contributed by atoms with E-state index >= 15 is 0 Å². The van der Waals surface area contributed by atoms with Crippen molar-refractivity contribution in [1.29, 1.82) is 0 Å². The zero-order valence-electron chi connectivity index (χ0n) is 10.9. The Labute approximate surface area is 117 Å². The Balaban J connectivity index is 2.02. The normalized spacial score (nSPS) is 27.8. The molecule has 3 unspecified atom stereocenters. The molecule has 3 heteroatoms. The Bertz CT molecular complexity index is 432. The Morgan fingerprint density at radius 1 is 1.28 bits per heavy atom. The highest BCUT2D eigenvalue weighted by Gasteiger charge is 2.27. The minimum absolute atomic E-state index is 0.0360. The number of halogens is 1. The second-order valence-electron chi connectivity index (χ2n) is 5.46. The Morgan fingerprint density at radius 2 is 2.00 bits per heavy atom. The lowest BCUT2D eigenvalue weighted by Crippen LogP contribution is -2.42. The van der Waals surface area contributed by atoms with Gasteiger partial charge in [-0.2, -0.15) is 0 Å². The van der Waals surface area contributed by atoms with Gasteiger partial charge in [0.1, 0.15) is 0 Å². The van der Waals surface area contributed by atoms with Gasteiger partial charge in [0.25, 0.3) is 5.91 Å². The van der Waals surface area contributed by atoms with Crippen LogP contribution in [-0.2, 0) is 0 Å². The highest BCUT2D eigenvalue weighted by Crippen LogP contribution is 2.29. The second-order valence-corrected chi connectivity index (χ2v) is 6.31. The van der Waals surface area contributed by atoms with Crippen LogP contribution in [0.25, 0.3) is 0 Å². The summed E-state index contributed by atoms with van der Waals surface area (Å²) >= 11 is 3.43. The average molecular weight is 310 g/mol. The average Bonchev–Trinajstić information content (AvgIpc) is 2.33. The third-order valence-corrected chi connectivity index (χ3v) is 4.56. The third-order valence-electron chi connectivity index (χ3n) is 3.87. The zero-order chi connectivity index (χ0) is 13.1. The SMILES string of the molecule is CC1CCC(NC(=O)c2ccccc2Br)C(C)C1. The van der Waals surface area contributed by atoms with Gasteiger partial charge in [-0.15, -0.1) is 0 Å². The van der Waals surface area contributed by atoms with Crippen LogP contribution in [0.5, 0.6) is 0 Å². The molecule has 1 aliphatic rings. The minimum atomic E-state index is 0.0360. The van der Waals surface area contributed by atoms with Gasteiger partial charge < -0.3 is 5.32 Å². The van der Waals surface area contributed by atoms with E-state index in [2.05, 4.69) is 35.1 Å². The first-order valence-electron chi connectivity index (χ1n) is 6.63. The lowest BCUT2D eigenvalue weighted by molar-refractivity contribution is 0.0899. The van der Waals surface area contributed by atoms with Gasteiger partial charge in [0, 0.05) is 10.5 Å². The summed E-state index contributed by atoms with van der Waals surface area (Å²) in [6.45, 7) is 4.53. The first-order chi connectivity index (χ1) is 8.58. The summed E-state index contributed by atoms with van der Waals surface area (Å²) in [5, 5.41) is 3.18. The van der Waals surface area contributed by atoms with Crippen molar-refractivity contribution in [3.63, 3.8) is 0 Å². The second kappa shape index (κ2) is 5.87. The lowest BCUT2D eigenvalue weighted by Gasteiger charge is -2.33. The molecule has 18 heavy (non-hydrogen) atoms. The van der Waals surface area contributed by atoms with Gasteiger partial charge in [-0.1, -0.05) is 26.0 Å². The maximum absolute atomic E-state index is 12.2. The van der Waals surface area contributed by atoms with Crippen molar-refractivity contribution in [2.24, 2.45) is 11.8 Å². The molecule has 3 atom stereocenters. The molecule has 0 heterocycles. The van der Waals surface area contributed by atoms with E-state index in [4.69, 9.17) is 0 Å². The summed E-state index contributed by atoms with van der Waals surface area (Å²) in [4.78, 5) is 12.2. The largest absolute Gasteiger partial charge is 0.349 e. The van der Waals surface area contributed by atoms with Crippen molar-refractivity contribution in [2.75, 3.05) is 0 Å². The van der Waals surface area contributed by atoms with Crippen LogP contribution in [-0.4, -0.2) is 11.9 Å². The first-order valence-corrected chi connectivity index (χ1v) is 7.42. The fourth-order valence-corrected chi connectivity index (χ4v) is 3.24. The van der Waals surface area contributed by atoms with E-state index in [-0.39, 0.29) is 5.91 Å². The van der Waals surface area contributed by atoms with Crippen molar-refractivity contribution in [3.8, 4) is 0 Å². The number of carbonyl (C=O) groups excluding carboxylic acids is 1. The molecule has 0 aromatic heterocycles. The molecule has 1 fully saturated rings. The van der Waals surface area contributed by atoms with E-state index in [9.17, 15) is 4.79 Å². The number of benzene rings is 1. The molecule has 1 amide bonds. The molecule has 2 nitrogen and oxygen atoms in total. The van der Waals surface area contributed by atoms with Gasteiger partial charge in [-0.3, -0.25) is 4.79 Å². The summed E-state index contributed by atoms with van der Waals surface area (Å²) in [5.74, 6) is 1.39. The molecule has 0 spiro atoms. The van der Waals surface area contributed by atoms with E-state index in [1.807, 2.05) is 24.3 Å². The fourth-order valence-electron chi connectivity index (χ4n) is 2.77. The van der Waals surface area contributed by atoms with Gasteiger partial charge >= 0.3 is 0 Å². The molecule has 1 N–H and O–H groups in total. The summed E-state index contributed by atoms with van der Waals surface area (Å²) in [7, 11) is 0.